The quantitative estimate of drug-likeness (QED) is 0.745. The molecule has 0 spiro atoms. The zero-order chi connectivity index (χ0) is 9.97. The van der Waals surface area contributed by atoms with Gasteiger partial charge in [-0.15, -0.1) is 0 Å². The van der Waals surface area contributed by atoms with Crippen LogP contribution in [0.4, 0.5) is 0 Å². The minimum Gasteiger partial charge on any atom is -0.213 e. The highest BCUT2D eigenvalue weighted by molar-refractivity contribution is 14.1. The molecule has 0 fully saturated rings. The second-order valence-electron chi connectivity index (χ2n) is 2.73. The smallest absolute Gasteiger partial charge is 0.173 e. The zero-order valence-corrected chi connectivity index (χ0v) is 11.6. The van der Waals surface area contributed by atoms with Crippen LogP contribution >= 0.6 is 50.1 Å². The average Bonchev–Trinajstić information content (AvgIpc) is 2.56. The highest BCUT2D eigenvalue weighted by Crippen LogP contribution is 2.19. The molecule has 0 unspecified atom stereocenters. The second-order valence-corrected chi connectivity index (χ2v) is 6.09. The molecule has 0 radical (unpaired) electrons. The molecule has 72 valence electrons. The van der Waals surface area contributed by atoms with Gasteiger partial charge >= 0.3 is 0 Å². The van der Waals surface area contributed by atoms with Crippen molar-refractivity contribution in [2.45, 2.75) is 6.42 Å². The van der Waals surface area contributed by atoms with E-state index in [2.05, 4.69) is 53.9 Å². The average molecular weight is 381 g/mol. The van der Waals surface area contributed by atoms with Gasteiger partial charge in [-0.1, -0.05) is 34.1 Å². The van der Waals surface area contributed by atoms with E-state index in [-0.39, 0.29) is 0 Å². The molecule has 0 aliphatic heterocycles. The van der Waals surface area contributed by atoms with Gasteiger partial charge in [0.15, 0.2) is 3.01 Å². The van der Waals surface area contributed by atoms with Crippen LogP contribution in [0.25, 0.3) is 0 Å². The fourth-order valence-electron chi connectivity index (χ4n) is 1.12. The van der Waals surface area contributed by atoms with Crippen molar-refractivity contribution < 1.29 is 0 Å². The van der Waals surface area contributed by atoms with E-state index in [1.165, 1.54) is 17.1 Å². The maximum absolute atomic E-state index is 4.32. The predicted octanol–water partition coefficient (Wildman–Crippen LogP) is 3.50. The molecule has 0 atom stereocenters. The molecule has 1 heterocycles. The van der Waals surface area contributed by atoms with E-state index in [1.807, 2.05) is 18.2 Å². The predicted molar refractivity (Wildman–Crippen MR) is 69.6 cm³/mol. The summed E-state index contributed by atoms with van der Waals surface area (Å²) in [5, 5.41) is 0. The summed E-state index contributed by atoms with van der Waals surface area (Å²) in [5.74, 6) is 0.895. The van der Waals surface area contributed by atoms with Crippen LogP contribution in [0.15, 0.2) is 28.7 Å². The SMILES string of the molecule is Brc1ccccc1Cc1nsc(I)n1. The Morgan fingerprint density at radius 1 is 1.36 bits per heavy atom. The molecule has 14 heavy (non-hydrogen) atoms. The van der Waals surface area contributed by atoms with Gasteiger partial charge in [-0.2, -0.15) is 4.37 Å². The minimum atomic E-state index is 0.793. The fraction of sp³-hybridized carbons (Fsp3) is 0.111. The number of rotatable bonds is 2. The van der Waals surface area contributed by atoms with Gasteiger partial charge in [0.05, 0.1) is 0 Å². The van der Waals surface area contributed by atoms with Gasteiger partial charge in [-0.3, -0.25) is 0 Å². The summed E-state index contributed by atoms with van der Waals surface area (Å²) in [5.41, 5.74) is 1.22. The number of nitrogens with zero attached hydrogens (tertiary/aromatic N) is 2. The first-order chi connectivity index (χ1) is 6.75. The van der Waals surface area contributed by atoms with E-state index in [1.54, 1.807) is 0 Å². The van der Waals surface area contributed by atoms with Crippen molar-refractivity contribution in [2.75, 3.05) is 0 Å². The van der Waals surface area contributed by atoms with Crippen LogP contribution in [0.3, 0.4) is 0 Å². The lowest BCUT2D eigenvalue weighted by molar-refractivity contribution is 1.02. The maximum Gasteiger partial charge on any atom is 0.173 e. The first kappa shape index (κ1) is 10.5. The summed E-state index contributed by atoms with van der Waals surface area (Å²) in [7, 11) is 0. The second kappa shape index (κ2) is 4.67. The maximum atomic E-state index is 4.32. The number of hydrogen-bond donors (Lipinski definition) is 0. The van der Waals surface area contributed by atoms with Crippen molar-refractivity contribution in [1.29, 1.82) is 0 Å². The van der Waals surface area contributed by atoms with Crippen molar-refractivity contribution in [3.63, 3.8) is 0 Å². The summed E-state index contributed by atoms with van der Waals surface area (Å²) in [6.45, 7) is 0. The Bertz CT molecular complexity index is 444. The highest BCUT2D eigenvalue weighted by atomic mass is 127. The van der Waals surface area contributed by atoms with Gasteiger partial charge in [-0.25, -0.2) is 4.98 Å². The van der Waals surface area contributed by atoms with Gasteiger partial charge in [0.1, 0.15) is 5.82 Å². The van der Waals surface area contributed by atoms with E-state index in [4.69, 9.17) is 0 Å². The Balaban J connectivity index is 2.23. The number of benzene rings is 1. The van der Waals surface area contributed by atoms with E-state index in [0.29, 0.717) is 0 Å². The molecule has 0 saturated carbocycles. The van der Waals surface area contributed by atoms with Gasteiger partial charge in [0.2, 0.25) is 0 Å². The zero-order valence-electron chi connectivity index (χ0n) is 7.08. The van der Waals surface area contributed by atoms with E-state index in [0.717, 1.165) is 19.7 Å². The normalized spacial score (nSPS) is 10.4. The molecule has 0 N–H and O–H groups in total. The van der Waals surface area contributed by atoms with Crippen LogP contribution in [-0.2, 0) is 6.42 Å². The third-order valence-electron chi connectivity index (χ3n) is 1.75. The van der Waals surface area contributed by atoms with E-state index >= 15 is 0 Å². The molecule has 2 rings (SSSR count). The van der Waals surface area contributed by atoms with Crippen molar-refractivity contribution >= 4 is 50.1 Å². The fourth-order valence-corrected chi connectivity index (χ4v) is 2.55. The molecule has 0 saturated heterocycles. The van der Waals surface area contributed by atoms with Gasteiger partial charge in [0, 0.05) is 10.9 Å². The molecule has 2 aromatic rings. The summed E-state index contributed by atoms with van der Waals surface area (Å²) in [6, 6.07) is 8.15. The molecule has 5 heteroatoms. The Hall–Kier alpha value is -0.0100. The van der Waals surface area contributed by atoms with Crippen LogP contribution < -0.4 is 0 Å². The summed E-state index contributed by atoms with van der Waals surface area (Å²) >= 11 is 7.13. The first-order valence-corrected chi connectivity index (χ1v) is 6.62. The topological polar surface area (TPSA) is 25.8 Å². The lowest BCUT2D eigenvalue weighted by Crippen LogP contribution is -1.91. The Labute approximate surface area is 108 Å². The molecular formula is C9H6BrIN2S. The third-order valence-corrected chi connectivity index (χ3v) is 3.90. The molecule has 0 aliphatic carbocycles. The Morgan fingerprint density at radius 2 is 2.14 bits per heavy atom. The van der Waals surface area contributed by atoms with Crippen LogP contribution in [0.1, 0.15) is 11.4 Å². The monoisotopic (exact) mass is 380 g/mol. The standard InChI is InChI=1S/C9H6BrIN2S/c10-7-4-2-1-3-6(7)5-8-12-9(11)14-13-8/h1-4H,5H2. The van der Waals surface area contributed by atoms with E-state index in [9.17, 15) is 0 Å². The molecule has 0 bridgehead atoms. The van der Waals surface area contributed by atoms with Crippen molar-refractivity contribution in [3.8, 4) is 0 Å². The number of halogens is 2. The van der Waals surface area contributed by atoms with Crippen molar-refractivity contribution in [1.82, 2.24) is 9.36 Å². The molecular weight excluding hydrogens is 375 g/mol. The van der Waals surface area contributed by atoms with Crippen LogP contribution in [-0.4, -0.2) is 9.36 Å². The van der Waals surface area contributed by atoms with Crippen LogP contribution in [0.2, 0.25) is 0 Å². The largest absolute Gasteiger partial charge is 0.213 e. The van der Waals surface area contributed by atoms with Crippen LogP contribution in [0.5, 0.6) is 0 Å². The van der Waals surface area contributed by atoms with Gasteiger partial charge < -0.3 is 0 Å². The van der Waals surface area contributed by atoms with Crippen molar-refractivity contribution in [3.05, 3.63) is 43.1 Å². The third kappa shape index (κ3) is 2.52. The number of hydrogen-bond acceptors (Lipinski definition) is 3. The Kier molecular flexibility index (Phi) is 3.51. The lowest BCUT2D eigenvalue weighted by atomic mass is 10.1. The molecule has 0 amide bonds. The molecule has 1 aromatic heterocycles. The Morgan fingerprint density at radius 3 is 2.79 bits per heavy atom. The summed E-state index contributed by atoms with van der Waals surface area (Å²) in [6.07, 6.45) is 0.793. The first-order valence-electron chi connectivity index (χ1n) is 3.97. The highest BCUT2D eigenvalue weighted by Gasteiger charge is 2.04. The molecule has 0 aliphatic rings. The summed E-state index contributed by atoms with van der Waals surface area (Å²) < 4.78 is 6.36. The number of aromatic nitrogens is 2. The molecule has 1 aromatic carbocycles. The summed E-state index contributed by atoms with van der Waals surface area (Å²) in [4.78, 5) is 4.32. The van der Waals surface area contributed by atoms with Crippen LogP contribution in [0, 0.1) is 3.01 Å². The van der Waals surface area contributed by atoms with E-state index < -0.39 is 0 Å². The minimum absolute atomic E-state index is 0.793. The lowest BCUT2D eigenvalue weighted by Gasteiger charge is -1.99. The van der Waals surface area contributed by atoms with Gasteiger partial charge in [-0.05, 0) is 45.8 Å². The van der Waals surface area contributed by atoms with Gasteiger partial charge in [0.25, 0.3) is 0 Å². The van der Waals surface area contributed by atoms with Crippen molar-refractivity contribution in [2.24, 2.45) is 0 Å². The molecule has 2 nitrogen and oxygen atoms in total.